The predicted molar refractivity (Wildman–Crippen MR) is 69.6 cm³/mol. The first kappa shape index (κ1) is 13.1. The van der Waals surface area contributed by atoms with E-state index in [-0.39, 0.29) is 22.8 Å². The maximum atomic E-state index is 11.5. The number of carboxylic acid groups (broad SMARTS) is 1. The van der Waals surface area contributed by atoms with Gasteiger partial charge < -0.3 is 10.2 Å². The molecule has 2 rings (SSSR count). The monoisotopic (exact) mass is 262 g/mol. The molecule has 0 saturated heterocycles. The molecule has 1 aromatic carbocycles. The number of ketones is 1. The number of nitrogens with zero attached hydrogens (tertiary/aromatic N) is 1. The van der Waals surface area contributed by atoms with Crippen LogP contribution in [0, 0.1) is 0 Å². The number of phenolic OH excluding ortho intramolecular Hbond substituents is 1. The van der Waals surface area contributed by atoms with Crippen LogP contribution in [-0.2, 0) is 4.79 Å². The lowest BCUT2D eigenvalue weighted by Crippen LogP contribution is -2.19. The Balaban J connectivity index is 2.18. The standard InChI is InChI=1S/C13H14N2O4/c16-11-4-2-1-3-9(11)14-15-10-7-8(13(18)19)5-6-12(10)17/h5-7,15,17H,1-4H2,(H,18,19)/b14-9+. The molecule has 1 aliphatic rings. The van der Waals surface area contributed by atoms with E-state index in [1.165, 1.54) is 18.2 Å². The van der Waals surface area contributed by atoms with Crippen LogP contribution in [0.1, 0.15) is 36.0 Å². The van der Waals surface area contributed by atoms with Gasteiger partial charge in [0.2, 0.25) is 0 Å². The minimum absolute atomic E-state index is 0.00683. The Kier molecular flexibility index (Phi) is 3.79. The number of carboxylic acids is 1. The maximum Gasteiger partial charge on any atom is 0.335 e. The fourth-order valence-corrected chi connectivity index (χ4v) is 1.87. The number of hydrazone groups is 1. The summed E-state index contributed by atoms with van der Waals surface area (Å²) in [6.07, 6.45) is 2.87. The van der Waals surface area contributed by atoms with Crippen molar-refractivity contribution in [2.24, 2.45) is 5.10 Å². The van der Waals surface area contributed by atoms with Crippen LogP contribution in [0.25, 0.3) is 0 Å². The third-order valence-electron chi connectivity index (χ3n) is 2.94. The summed E-state index contributed by atoms with van der Waals surface area (Å²) in [5, 5.41) is 22.4. The number of aromatic carboxylic acids is 1. The van der Waals surface area contributed by atoms with Crippen LogP contribution in [-0.4, -0.2) is 27.7 Å². The van der Waals surface area contributed by atoms with Gasteiger partial charge in [0.1, 0.15) is 11.5 Å². The second kappa shape index (κ2) is 5.51. The first-order valence-electron chi connectivity index (χ1n) is 6.00. The summed E-state index contributed by atoms with van der Waals surface area (Å²) in [6.45, 7) is 0. The fourth-order valence-electron chi connectivity index (χ4n) is 1.87. The molecule has 0 atom stereocenters. The van der Waals surface area contributed by atoms with E-state index in [0.717, 1.165) is 12.8 Å². The summed E-state index contributed by atoms with van der Waals surface area (Å²) >= 11 is 0. The van der Waals surface area contributed by atoms with E-state index in [2.05, 4.69) is 10.5 Å². The Morgan fingerprint density at radius 3 is 2.68 bits per heavy atom. The van der Waals surface area contributed by atoms with E-state index in [1.54, 1.807) is 0 Å². The lowest BCUT2D eigenvalue weighted by atomic mass is 9.97. The van der Waals surface area contributed by atoms with Crippen molar-refractivity contribution >= 4 is 23.2 Å². The first-order chi connectivity index (χ1) is 9.08. The molecule has 6 nitrogen and oxygen atoms in total. The topological polar surface area (TPSA) is 99.0 Å². The van der Waals surface area contributed by atoms with Crippen LogP contribution in [0.15, 0.2) is 23.3 Å². The van der Waals surface area contributed by atoms with Crippen LogP contribution in [0.5, 0.6) is 5.75 Å². The zero-order chi connectivity index (χ0) is 13.8. The highest BCUT2D eigenvalue weighted by atomic mass is 16.4. The van der Waals surface area contributed by atoms with Gasteiger partial charge in [-0.05, 0) is 37.5 Å². The Morgan fingerprint density at radius 2 is 2.00 bits per heavy atom. The minimum atomic E-state index is -1.09. The highest BCUT2D eigenvalue weighted by Gasteiger charge is 2.16. The smallest absolute Gasteiger partial charge is 0.335 e. The van der Waals surface area contributed by atoms with Gasteiger partial charge >= 0.3 is 5.97 Å². The molecule has 3 N–H and O–H groups in total. The summed E-state index contributed by atoms with van der Waals surface area (Å²) in [4.78, 5) is 22.4. The molecule has 1 aromatic rings. The zero-order valence-corrected chi connectivity index (χ0v) is 10.2. The van der Waals surface area contributed by atoms with Gasteiger partial charge in [-0.25, -0.2) is 4.79 Å². The van der Waals surface area contributed by atoms with Crippen molar-refractivity contribution in [1.29, 1.82) is 0 Å². The number of rotatable bonds is 3. The largest absolute Gasteiger partial charge is 0.506 e. The Labute approximate surface area is 109 Å². The highest BCUT2D eigenvalue weighted by Crippen LogP contribution is 2.24. The van der Waals surface area contributed by atoms with Gasteiger partial charge in [-0.1, -0.05) is 0 Å². The van der Waals surface area contributed by atoms with E-state index in [1.807, 2.05) is 0 Å². The number of hydrogen-bond donors (Lipinski definition) is 3. The van der Waals surface area contributed by atoms with E-state index in [4.69, 9.17) is 5.11 Å². The number of phenols is 1. The number of aromatic hydroxyl groups is 1. The predicted octanol–water partition coefficient (Wildman–Crippen LogP) is 2.00. The molecule has 19 heavy (non-hydrogen) atoms. The SMILES string of the molecule is O=C1CCCC/C1=N\Nc1cc(C(=O)O)ccc1O. The van der Waals surface area contributed by atoms with Gasteiger partial charge in [0.15, 0.2) is 5.78 Å². The third-order valence-corrected chi connectivity index (χ3v) is 2.94. The zero-order valence-electron chi connectivity index (χ0n) is 10.2. The van der Waals surface area contributed by atoms with Crippen LogP contribution in [0.4, 0.5) is 5.69 Å². The first-order valence-corrected chi connectivity index (χ1v) is 6.00. The lowest BCUT2D eigenvalue weighted by Gasteiger charge is -2.12. The number of anilines is 1. The van der Waals surface area contributed by atoms with E-state index < -0.39 is 5.97 Å². The van der Waals surface area contributed by atoms with Gasteiger partial charge in [-0.3, -0.25) is 10.2 Å². The van der Waals surface area contributed by atoms with Gasteiger partial charge in [-0.15, -0.1) is 0 Å². The molecule has 0 spiro atoms. The van der Waals surface area contributed by atoms with Crippen molar-refractivity contribution in [3.8, 4) is 5.75 Å². The molecule has 0 amide bonds. The summed E-state index contributed by atoms with van der Waals surface area (Å²) in [7, 11) is 0. The number of benzene rings is 1. The van der Waals surface area contributed by atoms with Gasteiger partial charge in [0.05, 0.1) is 11.3 Å². The van der Waals surface area contributed by atoms with Gasteiger partial charge in [-0.2, -0.15) is 5.10 Å². The number of carbonyl (C=O) groups excluding carboxylic acids is 1. The Bertz CT molecular complexity index is 552. The number of nitrogens with one attached hydrogen (secondary N) is 1. The molecule has 0 unspecified atom stereocenters. The molecule has 1 saturated carbocycles. The second-order valence-electron chi connectivity index (χ2n) is 4.34. The average Bonchev–Trinajstić information content (AvgIpc) is 2.39. The molecule has 1 aliphatic carbocycles. The molecular weight excluding hydrogens is 248 g/mol. The molecule has 6 heteroatoms. The summed E-state index contributed by atoms with van der Waals surface area (Å²) in [6, 6.07) is 3.84. The Morgan fingerprint density at radius 1 is 1.26 bits per heavy atom. The van der Waals surface area contributed by atoms with Gasteiger partial charge in [0.25, 0.3) is 0 Å². The van der Waals surface area contributed by atoms with Crippen molar-refractivity contribution in [3.63, 3.8) is 0 Å². The summed E-state index contributed by atoms with van der Waals surface area (Å²) in [5.41, 5.74) is 3.21. The second-order valence-corrected chi connectivity index (χ2v) is 4.34. The van der Waals surface area contributed by atoms with E-state index in [9.17, 15) is 14.7 Å². The normalized spacial score (nSPS) is 17.5. The van der Waals surface area contributed by atoms with Crippen LogP contribution >= 0.6 is 0 Å². The average molecular weight is 262 g/mol. The Hall–Kier alpha value is -2.37. The molecule has 100 valence electrons. The van der Waals surface area contributed by atoms with Crippen molar-refractivity contribution < 1.29 is 19.8 Å². The molecule has 0 radical (unpaired) electrons. The highest BCUT2D eigenvalue weighted by molar-refractivity contribution is 6.40. The molecular formula is C13H14N2O4. The van der Waals surface area contributed by atoms with E-state index >= 15 is 0 Å². The summed E-state index contributed by atoms with van der Waals surface area (Å²) in [5.74, 6) is -1.21. The molecule has 0 bridgehead atoms. The maximum absolute atomic E-state index is 11.5. The van der Waals surface area contributed by atoms with E-state index in [0.29, 0.717) is 18.6 Å². The number of Topliss-reactive ketones (excluding diaryl/α,β-unsaturated/α-hetero) is 1. The van der Waals surface area contributed by atoms with Crippen molar-refractivity contribution in [2.45, 2.75) is 25.7 Å². The van der Waals surface area contributed by atoms with Crippen molar-refractivity contribution in [2.75, 3.05) is 5.43 Å². The van der Waals surface area contributed by atoms with Crippen LogP contribution in [0.2, 0.25) is 0 Å². The molecule has 0 heterocycles. The fraction of sp³-hybridized carbons (Fsp3) is 0.308. The van der Waals surface area contributed by atoms with Crippen LogP contribution in [0.3, 0.4) is 0 Å². The number of hydrogen-bond acceptors (Lipinski definition) is 5. The molecule has 0 aromatic heterocycles. The minimum Gasteiger partial charge on any atom is -0.506 e. The third kappa shape index (κ3) is 3.09. The lowest BCUT2D eigenvalue weighted by molar-refractivity contribution is -0.113. The molecule has 0 aliphatic heterocycles. The van der Waals surface area contributed by atoms with Crippen molar-refractivity contribution in [3.05, 3.63) is 23.8 Å². The summed E-state index contributed by atoms with van der Waals surface area (Å²) < 4.78 is 0. The van der Waals surface area contributed by atoms with Gasteiger partial charge in [0, 0.05) is 6.42 Å². The van der Waals surface area contributed by atoms with Crippen LogP contribution < -0.4 is 5.43 Å². The molecule has 1 fully saturated rings. The number of carbonyl (C=O) groups is 2. The van der Waals surface area contributed by atoms with Crippen molar-refractivity contribution in [1.82, 2.24) is 0 Å². The quantitative estimate of drug-likeness (QED) is 0.571.